The molecule has 100 valence electrons. The molecule has 0 N–H and O–H groups in total. The second-order valence-corrected chi connectivity index (χ2v) is 4.96. The number of hydrogen-bond donors (Lipinski definition) is 0. The number of carbonyl (C=O) groups is 1. The smallest absolute Gasteiger partial charge is 0.234 e. The Labute approximate surface area is 118 Å². The third-order valence-corrected chi connectivity index (χ3v) is 3.21. The molecule has 0 unspecified atom stereocenters. The van der Waals surface area contributed by atoms with Crippen LogP contribution in [-0.4, -0.2) is 15.9 Å². The molecule has 4 nitrogen and oxygen atoms in total. The van der Waals surface area contributed by atoms with Crippen molar-refractivity contribution >= 4 is 21.7 Å². The maximum Gasteiger partial charge on any atom is 0.234 e. The lowest BCUT2D eigenvalue weighted by Crippen LogP contribution is -2.01. The fourth-order valence-corrected chi connectivity index (χ4v) is 2.06. The maximum atomic E-state index is 13.2. The molecule has 2 rings (SSSR count). The Kier molecular flexibility index (Phi) is 4.42. The molecule has 1 aromatic carbocycles. The Hall–Kier alpha value is -1.56. The number of ketones is 1. The van der Waals surface area contributed by atoms with Gasteiger partial charge in [0, 0.05) is 16.5 Å². The average molecular weight is 327 g/mol. The van der Waals surface area contributed by atoms with Gasteiger partial charge in [0.2, 0.25) is 11.7 Å². The molecule has 0 aliphatic rings. The van der Waals surface area contributed by atoms with E-state index in [-0.39, 0.29) is 29.7 Å². The molecule has 0 radical (unpaired) electrons. The highest BCUT2D eigenvalue weighted by atomic mass is 79.9. The molecular formula is C13H12BrFN2O2. The Morgan fingerprint density at radius 1 is 1.47 bits per heavy atom. The van der Waals surface area contributed by atoms with E-state index in [9.17, 15) is 9.18 Å². The molecule has 0 bridgehead atoms. The summed E-state index contributed by atoms with van der Waals surface area (Å²) in [5.41, 5.74) is 0.498. The number of halogens is 2. The van der Waals surface area contributed by atoms with Gasteiger partial charge in [-0.1, -0.05) is 28.0 Å². The van der Waals surface area contributed by atoms with E-state index in [2.05, 4.69) is 26.1 Å². The molecular weight excluding hydrogens is 315 g/mol. The van der Waals surface area contributed by atoms with Crippen molar-refractivity contribution in [2.24, 2.45) is 0 Å². The number of hydrogen-bond acceptors (Lipinski definition) is 4. The minimum absolute atomic E-state index is 0.0519. The Balaban J connectivity index is 2.21. The van der Waals surface area contributed by atoms with E-state index in [0.717, 1.165) is 6.42 Å². The summed E-state index contributed by atoms with van der Waals surface area (Å²) in [6, 6.07) is 4.22. The van der Waals surface area contributed by atoms with Crippen LogP contribution in [0, 0.1) is 5.82 Å². The van der Waals surface area contributed by atoms with Gasteiger partial charge in [-0.2, -0.15) is 4.98 Å². The third-order valence-electron chi connectivity index (χ3n) is 2.51. The van der Waals surface area contributed by atoms with Crippen molar-refractivity contribution < 1.29 is 13.7 Å². The molecule has 2 aromatic rings. The minimum Gasteiger partial charge on any atom is -0.338 e. The van der Waals surface area contributed by atoms with E-state index in [1.165, 1.54) is 12.1 Å². The van der Waals surface area contributed by atoms with Gasteiger partial charge in [-0.05, 0) is 24.6 Å². The van der Waals surface area contributed by atoms with Gasteiger partial charge in [0.1, 0.15) is 11.6 Å². The first-order valence-electron chi connectivity index (χ1n) is 5.90. The highest BCUT2D eigenvalue weighted by molar-refractivity contribution is 9.10. The molecule has 1 aromatic heterocycles. The van der Waals surface area contributed by atoms with Crippen molar-refractivity contribution in [2.75, 3.05) is 0 Å². The zero-order chi connectivity index (χ0) is 13.8. The Morgan fingerprint density at radius 3 is 3.00 bits per heavy atom. The summed E-state index contributed by atoms with van der Waals surface area (Å²) < 4.78 is 18.9. The predicted molar refractivity (Wildman–Crippen MR) is 71.0 cm³/mol. The third kappa shape index (κ3) is 3.47. The van der Waals surface area contributed by atoms with Crippen LogP contribution in [0.2, 0.25) is 0 Å². The lowest BCUT2D eigenvalue weighted by atomic mass is 10.2. The molecule has 0 amide bonds. The van der Waals surface area contributed by atoms with Crippen molar-refractivity contribution in [1.29, 1.82) is 0 Å². The van der Waals surface area contributed by atoms with Crippen LogP contribution in [-0.2, 0) is 11.2 Å². The van der Waals surface area contributed by atoms with Crippen LogP contribution < -0.4 is 0 Å². The summed E-state index contributed by atoms with van der Waals surface area (Å²) >= 11 is 3.30. The molecule has 19 heavy (non-hydrogen) atoms. The van der Waals surface area contributed by atoms with Crippen LogP contribution >= 0.6 is 15.9 Å². The number of benzene rings is 1. The van der Waals surface area contributed by atoms with E-state index in [1.54, 1.807) is 6.07 Å². The van der Waals surface area contributed by atoms with Gasteiger partial charge in [-0.3, -0.25) is 4.79 Å². The Morgan fingerprint density at radius 2 is 2.26 bits per heavy atom. The summed E-state index contributed by atoms with van der Waals surface area (Å²) in [6.45, 7) is 1.93. The number of nitrogens with zero attached hydrogens (tertiary/aromatic N) is 2. The van der Waals surface area contributed by atoms with Gasteiger partial charge in [0.25, 0.3) is 0 Å². The monoisotopic (exact) mass is 326 g/mol. The van der Waals surface area contributed by atoms with Crippen LogP contribution in [0.5, 0.6) is 0 Å². The molecule has 0 fully saturated rings. The largest absolute Gasteiger partial charge is 0.338 e. The second kappa shape index (κ2) is 6.06. The number of rotatable bonds is 5. The summed E-state index contributed by atoms with van der Waals surface area (Å²) in [4.78, 5) is 15.6. The van der Waals surface area contributed by atoms with Crippen LogP contribution in [0.25, 0.3) is 11.4 Å². The molecule has 1 heterocycles. The highest BCUT2D eigenvalue weighted by Crippen LogP contribution is 2.26. The first-order valence-corrected chi connectivity index (χ1v) is 6.69. The summed E-state index contributed by atoms with van der Waals surface area (Å²) in [5, 5.41) is 3.77. The van der Waals surface area contributed by atoms with Crippen molar-refractivity contribution in [3.8, 4) is 11.4 Å². The van der Waals surface area contributed by atoms with Gasteiger partial charge >= 0.3 is 0 Å². The normalized spacial score (nSPS) is 10.7. The molecule has 0 aliphatic carbocycles. The van der Waals surface area contributed by atoms with Crippen molar-refractivity contribution in [3.05, 3.63) is 34.4 Å². The van der Waals surface area contributed by atoms with Gasteiger partial charge in [0.15, 0.2) is 0 Å². The molecule has 0 atom stereocenters. The molecule has 0 saturated heterocycles. The van der Waals surface area contributed by atoms with Crippen LogP contribution in [0.4, 0.5) is 4.39 Å². The molecule has 0 saturated carbocycles. The van der Waals surface area contributed by atoms with Gasteiger partial charge in [0.05, 0.1) is 6.42 Å². The summed E-state index contributed by atoms with van der Waals surface area (Å²) in [7, 11) is 0. The first-order chi connectivity index (χ1) is 9.10. The SMILES string of the molecule is CCCC(=O)Cc1nc(-c2cc(F)ccc2Br)no1. The number of carbonyl (C=O) groups excluding carboxylic acids is 1. The van der Waals surface area contributed by atoms with Crippen LogP contribution in [0.3, 0.4) is 0 Å². The van der Waals surface area contributed by atoms with E-state index in [1.807, 2.05) is 6.92 Å². The van der Waals surface area contributed by atoms with Gasteiger partial charge < -0.3 is 4.52 Å². The fourth-order valence-electron chi connectivity index (χ4n) is 1.64. The zero-order valence-corrected chi connectivity index (χ0v) is 11.9. The van der Waals surface area contributed by atoms with Crippen LogP contribution in [0.15, 0.2) is 27.2 Å². The second-order valence-electron chi connectivity index (χ2n) is 4.10. The zero-order valence-electron chi connectivity index (χ0n) is 10.3. The average Bonchev–Trinajstić information content (AvgIpc) is 2.81. The van der Waals surface area contributed by atoms with Crippen LogP contribution in [0.1, 0.15) is 25.7 Å². The predicted octanol–water partition coefficient (Wildman–Crippen LogP) is 3.55. The summed E-state index contributed by atoms with van der Waals surface area (Å²) in [5.74, 6) is 0.193. The van der Waals surface area contributed by atoms with E-state index in [4.69, 9.17) is 4.52 Å². The molecule has 0 aliphatic heterocycles. The Bertz CT molecular complexity index is 598. The number of aromatic nitrogens is 2. The lowest BCUT2D eigenvalue weighted by molar-refractivity contribution is -0.118. The molecule has 0 spiro atoms. The van der Waals surface area contributed by atoms with Crippen molar-refractivity contribution in [2.45, 2.75) is 26.2 Å². The highest BCUT2D eigenvalue weighted by Gasteiger charge is 2.14. The van der Waals surface area contributed by atoms with Gasteiger partial charge in [-0.15, -0.1) is 0 Å². The van der Waals surface area contributed by atoms with Crippen molar-refractivity contribution in [1.82, 2.24) is 10.1 Å². The van der Waals surface area contributed by atoms with E-state index >= 15 is 0 Å². The van der Waals surface area contributed by atoms with Crippen molar-refractivity contribution in [3.63, 3.8) is 0 Å². The standard InChI is InChI=1S/C13H12BrFN2O2/c1-2-3-9(18)7-12-16-13(17-19-12)10-6-8(15)4-5-11(10)14/h4-6H,2-3,7H2,1H3. The minimum atomic E-state index is -0.383. The maximum absolute atomic E-state index is 13.2. The van der Waals surface area contributed by atoms with E-state index < -0.39 is 0 Å². The fraction of sp³-hybridized carbons (Fsp3) is 0.308. The van der Waals surface area contributed by atoms with E-state index in [0.29, 0.717) is 16.5 Å². The summed E-state index contributed by atoms with van der Waals surface area (Å²) in [6.07, 6.45) is 1.39. The lowest BCUT2D eigenvalue weighted by Gasteiger charge is -1.98. The number of Topliss-reactive ketones (excluding diaryl/α,β-unsaturated/α-hetero) is 1. The molecule has 6 heteroatoms. The van der Waals surface area contributed by atoms with Gasteiger partial charge in [-0.25, -0.2) is 4.39 Å². The topological polar surface area (TPSA) is 56.0 Å². The first kappa shape index (κ1) is 13.9. The quantitative estimate of drug-likeness (QED) is 0.843.